The lowest BCUT2D eigenvalue weighted by Gasteiger charge is -2.11. The third-order valence-corrected chi connectivity index (χ3v) is 4.04. The van der Waals surface area contributed by atoms with Gasteiger partial charge < -0.3 is 0 Å². The number of hydrogen-bond acceptors (Lipinski definition) is 2. The van der Waals surface area contributed by atoms with Gasteiger partial charge in [0.1, 0.15) is 0 Å². The highest BCUT2D eigenvalue weighted by Crippen LogP contribution is 2.24. The Morgan fingerprint density at radius 3 is 2.68 bits per heavy atom. The lowest BCUT2D eigenvalue weighted by Crippen LogP contribution is -2.00. The predicted molar refractivity (Wildman–Crippen MR) is 87.1 cm³/mol. The first-order valence-corrected chi connectivity index (χ1v) is 7.28. The summed E-state index contributed by atoms with van der Waals surface area (Å²) < 4.78 is 1.39. The molecule has 1 aliphatic rings. The lowest BCUT2D eigenvalue weighted by molar-refractivity contribution is 0.626. The monoisotopic (exact) mass is 269 g/mol. The van der Waals surface area contributed by atoms with Crippen molar-refractivity contribution in [3.8, 4) is 0 Å². The number of aliphatic imine (C=N–C) groups is 1. The molecule has 1 nitrogen and oxygen atoms in total. The minimum atomic E-state index is 0.177. The van der Waals surface area contributed by atoms with Gasteiger partial charge in [0.05, 0.1) is 0 Å². The Morgan fingerprint density at radius 2 is 1.89 bits per heavy atom. The third kappa shape index (κ3) is 3.90. The molecule has 0 N–H and O–H groups in total. The Labute approximate surface area is 119 Å². The van der Waals surface area contributed by atoms with Gasteiger partial charge in [0.25, 0.3) is 0 Å². The molecule has 0 bridgehead atoms. The first-order valence-electron chi connectivity index (χ1n) is 6.40. The normalized spacial score (nSPS) is 15.9. The van der Waals surface area contributed by atoms with Crippen LogP contribution in [0, 0.1) is 12.3 Å². The van der Waals surface area contributed by atoms with Crippen LogP contribution >= 0.6 is 11.3 Å². The van der Waals surface area contributed by atoms with Crippen molar-refractivity contribution in [2.75, 3.05) is 0 Å². The Bertz CT molecular complexity index is 612. The summed E-state index contributed by atoms with van der Waals surface area (Å²) in [6, 6.07) is 8.49. The third-order valence-electron chi connectivity index (χ3n) is 2.96. The molecule has 0 saturated heterocycles. The van der Waals surface area contributed by atoms with Crippen LogP contribution in [0.3, 0.4) is 0 Å². The first-order chi connectivity index (χ1) is 9.08. The molecule has 0 amide bonds. The van der Waals surface area contributed by atoms with E-state index in [1.807, 2.05) is 23.6 Å². The second kappa shape index (κ2) is 5.98. The smallest absolute Gasteiger partial charge is 0.0345 e. The molecule has 0 aliphatic carbocycles. The summed E-state index contributed by atoms with van der Waals surface area (Å²) in [5.74, 6) is 0. The Hall–Kier alpha value is -1.67. The highest BCUT2D eigenvalue weighted by Gasteiger charge is 2.07. The Balaban J connectivity index is 0.000000141. The van der Waals surface area contributed by atoms with Gasteiger partial charge in [-0.05, 0) is 35.4 Å². The number of allylic oxidation sites excluding steroid dienone is 3. The molecular weight excluding hydrogens is 250 g/mol. The molecule has 0 saturated carbocycles. The van der Waals surface area contributed by atoms with Crippen LogP contribution in [0.5, 0.6) is 0 Å². The minimum Gasteiger partial charge on any atom is -0.265 e. The van der Waals surface area contributed by atoms with E-state index in [1.165, 1.54) is 15.6 Å². The Kier molecular flexibility index (Phi) is 4.33. The second-order valence-corrected chi connectivity index (χ2v) is 6.12. The van der Waals surface area contributed by atoms with Gasteiger partial charge >= 0.3 is 0 Å². The average Bonchev–Trinajstić information content (AvgIpc) is 2.64. The molecule has 0 atom stereocenters. The van der Waals surface area contributed by atoms with Crippen LogP contribution in [0.1, 0.15) is 19.4 Å². The summed E-state index contributed by atoms with van der Waals surface area (Å²) in [5.41, 5.74) is 1.57. The van der Waals surface area contributed by atoms with Crippen molar-refractivity contribution in [3.05, 3.63) is 59.6 Å². The Morgan fingerprint density at radius 1 is 1.11 bits per heavy atom. The molecule has 0 fully saturated rings. The van der Waals surface area contributed by atoms with E-state index in [2.05, 4.69) is 67.6 Å². The van der Waals surface area contributed by atoms with E-state index in [1.54, 1.807) is 6.21 Å². The fourth-order valence-corrected chi connectivity index (χ4v) is 2.74. The maximum absolute atomic E-state index is 3.97. The van der Waals surface area contributed by atoms with E-state index in [0.29, 0.717) is 0 Å². The number of hydrogen-bond donors (Lipinski definition) is 0. The predicted octanol–water partition coefficient (Wildman–Crippen LogP) is 5.38. The molecular formula is C17H19NS. The molecule has 19 heavy (non-hydrogen) atoms. The van der Waals surface area contributed by atoms with Gasteiger partial charge in [0.2, 0.25) is 0 Å². The summed E-state index contributed by atoms with van der Waals surface area (Å²) in [5, 5.41) is 3.59. The molecule has 0 spiro atoms. The van der Waals surface area contributed by atoms with E-state index < -0.39 is 0 Å². The molecule has 3 rings (SSSR count). The average molecular weight is 269 g/mol. The van der Waals surface area contributed by atoms with E-state index in [4.69, 9.17) is 0 Å². The molecule has 1 aromatic carbocycles. The fraction of sp³-hybridized carbons (Fsp3) is 0.235. The maximum atomic E-state index is 3.97. The van der Waals surface area contributed by atoms with Gasteiger partial charge in [-0.2, -0.15) is 0 Å². The van der Waals surface area contributed by atoms with Crippen LogP contribution < -0.4 is 0 Å². The van der Waals surface area contributed by atoms with Crippen molar-refractivity contribution < 1.29 is 0 Å². The van der Waals surface area contributed by atoms with Gasteiger partial charge in [0.15, 0.2) is 0 Å². The molecule has 1 aliphatic heterocycles. The quantitative estimate of drug-likeness (QED) is 0.609. The van der Waals surface area contributed by atoms with Crippen LogP contribution in [0.2, 0.25) is 0 Å². The van der Waals surface area contributed by atoms with Crippen molar-refractivity contribution in [1.82, 2.24) is 0 Å². The number of nitrogens with zero attached hydrogens (tertiary/aromatic N) is 1. The minimum absolute atomic E-state index is 0.177. The van der Waals surface area contributed by atoms with Gasteiger partial charge in [-0.1, -0.05) is 44.2 Å². The SMILES string of the molecule is CC1(C)C=CC=NC=C1.Cc1csc2ccccc12. The molecule has 2 aromatic rings. The summed E-state index contributed by atoms with van der Waals surface area (Å²) in [6.07, 6.45) is 9.80. The number of thiophene rings is 1. The van der Waals surface area contributed by atoms with Crippen LogP contribution in [0.4, 0.5) is 0 Å². The van der Waals surface area contributed by atoms with Crippen molar-refractivity contribution in [2.24, 2.45) is 10.4 Å². The van der Waals surface area contributed by atoms with E-state index in [0.717, 1.165) is 0 Å². The zero-order chi connectivity index (χ0) is 13.7. The topological polar surface area (TPSA) is 12.4 Å². The fourth-order valence-electron chi connectivity index (χ4n) is 1.79. The van der Waals surface area contributed by atoms with Gasteiger partial charge in [-0.25, -0.2) is 0 Å². The lowest BCUT2D eigenvalue weighted by atomic mass is 9.94. The van der Waals surface area contributed by atoms with Gasteiger partial charge in [-0.3, -0.25) is 4.99 Å². The number of fused-ring (bicyclic) bond motifs is 1. The zero-order valence-electron chi connectivity index (χ0n) is 11.6. The number of aryl methyl sites for hydroxylation is 1. The maximum Gasteiger partial charge on any atom is 0.0345 e. The van der Waals surface area contributed by atoms with E-state index >= 15 is 0 Å². The van der Waals surface area contributed by atoms with E-state index in [-0.39, 0.29) is 5.41 Å². The van der Waals surface area contributed by atoms with Crippen LogP contribution in [-0.4, -0.2) is 6.21 Å². The highest BCUT2D eigenvalue weighted by atomic mass is 32.1. The summed E-state index contributed by atoms with van der Waals surface area (Å²) in [4.78, 5) is 3.97. The van der Waals surface area contributed by atoms with Crippen molar-refractivity contribution in [1.29, 1.82) is 0 Å². The molecule has 1 aromatic heterocycles. The zero-order valence-corrected chi connectivity index (χ0v) is 12.4. The largest absolute Gasteiger partial charge is 0.265 e. The van der Waals surface area contributed by atoms with Crippen molar-refractivity contribution in [2.45, 2.75) is 20.8 Å². The summed E-state index contributed by atoms with van der Waals surface area (Å²) in [6.45, 7) is 6.45. The molecule has 0 radical (unpaired) electrons. The molecule has 2 heterocycles. The van der Waals surface area contributed by atoms with Crippen molar-refractivity contribution >= 4 is 27.6 Å². The number of rotatable bonds is 0. The summed E-state index contributed by atoms with van der Waals surface area (Å²) >= 11 is 1.81. The highest BCUT2D eigenvalue weighted by molar-refractivity contribution is 7.17. The van der Waals surface area contributed by atoms with Crippen LogP contribution in [-0.2, 0) is 0 Å². The van der Waals surface area contributed by atoms with Gasteiger partial charge in [0, 0.05) is 22.5 Å². The number of benzene rings is 1. The second-order valence-electron chi connectivity index (χ2n) is 5.21. The van der Waals surface area contributed by atoms with Crippen LogP contribution in [0.25, 0.3) is 10.1 Å². The molecule has 0 unspecified atom stereocenters. The van der Waals surface area contributed by atoms with Crippen LogP contribution in [0.15, 0.2) is 59.1 Å². The first kappa shape index (κ1) is 13.8. The molecule has 98 valence electrons. The van der Waals surface area contributed by atoms with Crippen molar-refractivity contribution in [3.63, 3.8) is 0 Å². The summed E-state index contributed by atoms with van der Waals surface area (Å²) in [7, 11) is 0. The molecule has 2 heteroatoms. The van der Waals surface area contributed by atoms with Gasteiger partial charge in [-0.15, -0.1) is 11.3 Å². The standard InChI is InChI=1S/C9H8S.C8H11N/c1-7-6-10-9-5-3-2-4-8(7)9;1-8(2)4-3-6-9-7-5-8/h2-6H,1H3;3-7H,1-2H3. The van der Waals surface area contributed by atoms with E-state index in [9.17, 15) is 0 Å².